The first kappa shape index (κ1) is 13.4. The molecule has 0 aliphatic carbocycles. The van der Waals surface area contributed by atoms with Crippen LogP contribution in [0.5, 0.6) is 0 Å². The summed E-state index contributed by atoms with van der Waals surface area (Å²) in [5, 5.41) is 3.20. The molecule has 1 heterocycles. The molecule has 0 amide bonds. The summed E-state index contributed by atoms with van der Waals surface area (Å²) in [6, 6.07) is 8.44. The van der Waals surface area contributed by atoms with Crippen LogP contribution >= 0.6 is 22.9 Å². The van der Waals surface area contributed by atoms with Crippen molar-refractivity contribution in [2.45, 2.75) is 19.2 Å². The summed E-state index contributed by atoms with van der Waals surface area (Å²) in [4.78, 5) is 6.75. The summed E-state index contributed by atoms with van der Waals surface area (Å²) >= 11 is 7.45. The van der Waals surface area contributed by atoms with Crippen molar-refractivity contribution in [1.82, 2.24) is 4.98 Å². The highest BCUT2D eigenvalue weighted by atomic mass is 35.5. The molecule has 0 radical (unpaired) electrons. The predicted molar refractivity (Wildman–Crippen MR) is 79.8 cm³/mol. The lowest BCUT2D eigenvalue weighted by Gasteiger charge is -2.20. The van der Waals surface area contributed by atoms with Gasteiger partial charge in [0.15, 0.2) is 0 Å². The van der Waals surface area contributed by atoms with Gasteiger partial charge < -0.3 is 4.90 Å². The number of rotatable bonds is 5. The number of nitrogens with zero attached hydrogens (tertiary/aromatic N) is 2. The molecule has 0 atom stereocenters. The number of thiazole rings is 1. The molecule has 0 bridgehead atoms. The zero-order valence-electron chi connectivity index (χ0n) is 10.7. The molecule has 0 saturated carbocycles. The highest BCUT2D eigenvalue weighted by Crippen LogP contribution is 2.19. The number of benzene rings is 1. The molecule has 0 saturated heterocycles. The first-order valence-electron chi connectivity index (χ1n) is 5.96. The van der Waals surface area contributed by atoms with Crippen LogP contribution in [0.3, 0.4) is 0 Å². The number of hydrogen-bond acceptors (Lipinski definition) is 3. The van der Waals surface area contributed by atoms with Gasteiger partial charge in [-0.1, -0.05) is 18.2 Å². The molecule has 1 aromatic heterocycles. The lowest BCUT2D eigenvalue weighted by Crippen LogP contribution is -2.21. The summed E-state index contributed by atoms with van der Waals surface area (Å²) in [5.41, 5.74) is 3.57. The van der Waals surface area contributed by atoms with Crippen molar-refractivity contribution < 1.29 is 0 Å². The fourth-order valence-corrected chi connectivity index (χ4v) is 2.92. The van der Waals surface area contributed by atoms with Crippen molar-refractivity contribution in [2.24, 2.45) is 0 Å². The zero-order chi connectivity index (χ0) is 13.0. The molecule has 96 valence electrons. The van der Waals surface area contributed by atoms with Crippen molar-refractivity contribution in [3.8, 4) is 0 Å². The van der Waals surface area contributed by atoms with E-state index in [9.17, 15) is 0 Å². The van der Waals surface area contributed by atoms with Crippen LogP contribution in [0.1, 0.15) is 16.3 Å². The second-order valence-electron chi connectivity index (χ2n) is 4.32. The average Bonchev–Trinajstić information content (AvgIpc) is 2.84. The molecule has 18 heavy (non-hydrogen) atoms. The Bertz CT molecular complexity index is 510. The highest BCUT2D eigenvalue weighted by Gasteiger charge is 2.06. The Morgan fingerprint density at radius 3 is 2.78 bits per heavy atom. The maximum Gasteiger partial charge on any atom is 0.0946 e. The molecule has 0 spiro atoms. The normalized spacial score (nSPS) is 10.6. The molecule has 0 aliphatic heterocycles. The van der Waals surface area contributed by atoms with E-state index in [4.69, 9.17) is 11.6 Å². The van der Waals surface area contributed by atoms with Gasteiger partial charge in [-0.25, -0.2) is 4.98 Å². The smallest absolute Gasteiger partial charge is 0.0946 e. The Balaban J connectivity index is 1.96. The van der Waals surface area contributed by atoms with Crippen molar-refractivity contribution >= 4 is 28.6 Å². The van der Waals surface area contributed by atoms with Crippen LogP contribution in [-0.4, -0.2) is 18.6 Å². The lowest BCUT2D eigenvalue weighted by molar-refractivity contribution is 0.862. The number of halogens is 1. The predicted octanol–water partition coefficient (Wildman–Crippen LogP) is 3.87. The maximum atomic E-state index is 5.75. The van der Waals surface area contributed by atoms with E-state index < -0.39 is 0 Å². The Morgan fingerprint density at radius 1 is 1.33 bits per heavy atom. The van der Waals surface area contributed by atoms with Crippen molar-refractivity contribution in [3.63, 3.8) is 0 Å². The second kappa shape index (κ2) is 6.21. The Hall–Kier alpha value is -1.06. The summed E-state index contributed by atoms with van der Waals surface area (Å²) in [5.74, 6) is 0.504. The number of aromatic nitrogens is 1. The molecule has 2 rings (SSSR count). The van der Waals surface area contributed by atoms with Crippen LogP contribution in [-0.2, 0) is 12.3 Å². The van der Waals surface area contributed by atoms with E-state index >= 15 is 0 Å². The summed E-state index contributed by atoms with van der Waals surface area (Å²) in [7, 11) is 2.12. The average molecular weight is 281 g/mol. The van der Waals surface area contributed by atoms with E-state index in [2.05, 4.69) is 48.1 Å². The van der Waals surface area contributed by atoms with E-state index in [1.165, 1.54) is 11.3 Å². The van der Waals surface area contributed by atoms with Crippen LogP contribution in [0, 0.1) is 6.92 Å². The SMILES string of the molecule is Cc1ccccc1N(C)CCc1nc(CCl)cs1. The monoisotopic (exact) mass is 280 g/mol. The van der Waals surface area contributed by atoms with Gasteiger partial charge in [0.2, 0.25) is 0 Å². The third kappa shape index (κ3) is 3.24. The van der Waals surface area contributed by atoms with E-state index in [0.717, 1.165) is 23.7 Å². The first-order valence-corrected chi connectivity index (χ1v) is 7.38. The number of anilines is 1. The molecule has 0 N–H and O–H groups in total. The second-order valence-corrected chi connectivity index (χ2v) is 5.53. The number of para-hydroxylation sites is 1. The molecule has 2 aromatic rings. The summed E-state index contributed by atoms with van der Waals surface area (Å²) in [6.45, 7) is 3.11. The van der Waals surface area contributed by atoms with Gasteiger partial charge in [0.05, 0.1) is 16.6 Å². The molecule has 4 heteroatoms. The van der Waals surface area contributed by atoms with Gasteiger partial charge in [-0.15, -0.1) is 22.9 Å². The largest absolute Gasteiger partial charge is 0.374 e. The summed E-state index contributed by atoms with van der Waals surface area (Å²) in [6.07, 6.45) is 0.965. The van der Waals surface area contributed by atoms with E-state index in [-0.39, 0.29) is 0 Å². The van der Waals surface area contributed by atoms with Gasteiger partial charge in [-0.05, 0) is 18.6 Å². The molecule has 0 fully saturated rings. The van der Waals surface area contributed by atoms with Gasteiger partial charge in [-0.2, -0.15) is 0 Å². The number of aryl methyl sites for hydroxylation is 1. The van der Waals surface area contributed by atoms with E-state index in [0.29, 0.717) is 5.88 Å². The third-order valence-electron chi connectivity index (χ3n) is 2.92. The third-order valence-corrected chi connectivity index (χ3v) is 4.16. The van der Waals surface area contributed by atoms with Crippen LogP contribution in [0.2, 0.25) is 0 Å². The molecule has 1 aromatic carbocycles. The maximum absolute atomic E-state index is 5.75. The van der Waals surface area contributed by atoms with Crippen molar-refractivity contribution in [1.29, 1.82) is 0 Å². The summed E-state index contributed by atoms with van der Waals surface area (Å²) < 4.78 is 0. The Labute approximate surface area is 117 Å². The van der Waals surface area contributed by atoms with Crippen molar-refractivity contribution in [3.05, 3.63) is 45.9 Å². The van der Waals surface area contributed by atoms with Crippen LogP contribution in [0.25, 0.3) is 0 Å². The zero-order valence-corrected chi connectivity index (χ0v) is 12.3. The van der Waals surface area contributed by atoms with Gasteiger partial charge >= 0.3 is 0 Å². The lowest BCUT2D eigenvalue weighted by atomic mass is 10.2. The Kier molecular flexibility index (Phi) is 4.61. The number of alkyl halides is 1. The number of likely N-dealkylation sites (N-methyl/N-ethyl adjacent to an activating group) is 1. The minimum absolute atomic E-state index is 0.504. The molecular formula is C14H17ClN2S. The van der Waals surface area contributed by atoms with Gasteiger partial charge in [0, 0.05) is 31.1 Å². The van der Waals surface area contributed by atoms with Crippen molar-refractivity contribution in [2.75, 3.05) is 18.5 Å². The first-order chi connectivity index (χ1) is 8.70. The Morgan fingerprint density at radius 2 is 2.11 bits per heavy atom. The fraction of sp³-hybridized carbons (Fsp3) is 0.357. The van der Waals surface area contributed by atoms with Gasteiger partial charge in [0.25, 0.3) is 0 Å². The minimum atomic E-state index is 0.504. The van der Waals surface area contributed by atoms with Crippen LogP contribution in [0.4, 0.5) is 5.69 Å². The van der Waals surface area contributed by atoms with E-state index in [1.807, 2.05) is 5.38 Å². The standard InChI is InChI=1S/C14H17ClN2S/c1-11-5-3-4-6-13(11)17(2)8-7-14-16-12(9-15)10-18-14/h3-6,10H,7-9H2,1-2H3. The molecule has 0 unspecified atom stereocenters. The molecule has 2 nitrogen and oxygen atoms in total. The molecule has 0 aliphatic rings. The van der Waals surface area contributed by atoms with Gasteiger partial charge in [0.1, 0.15) is 0 Å². The van der Waals surface area contributed by atoms with E-state index in [1.54, 1.807) is 11.3 Å². The highest BCUT2D eigenvalue weighted by molar-refractivity contribution is 7.09. The van der Waals surface area contributed by atoms with Gasteiger partial charge in [-0.3, -0.25) is 0 Å². The minimum Gasteiger partial charge on any atom is -0.374 e. The number of hydrogen-bond donors (Lipinski definition) is 0. The quantitative estimate of drug-likeness (QED) is 0.773. The van der Waals surface area contributed by atoms with Crippen LogP contribution in [0.15, 0.2) is 29.6 Å². The van der Waals surface area contributed by atoms with Crippen LogP contribution < -0.4 is 4.90 Å². The fourth-order valence-electron chi connectivity index (χ4n) is 1.90. The molecular weight excluding hydrogens is 264 g/mol. The topological polar surface area (TPSA) is 16.1 Å².